The van der Waals surface area contributed by atoms with Crippen molar-refractivity contribution in [3.05, 3.63) is 59.2 Å². The predicted octanol–water partition coefficient (Wildman–Crippen LogP) is 4.61. The fourth-order valence-electron chi connectivity index (χ4n) is 2.27. The second-order valence-corrected chi connectivity index (χ2v) is 4.99. The molecule has 0 fully saturated rings. The molecule has 2 aromatic rings. The maximum atomic E-state index is 14.0. The molecule has 1 N–H and O–H groups in total. The molecule has 0 saturated heterocycles. The van der Waals surface area contributed by atoms with Crippen LogP contribution < -0.4 is 5.32 Å². The number of benzene rings is 2. The van der Waals surface area contributed by atoms with E-state index in [0.29, 0.717) is 16.7 Å². The van der Waals surface area contributed by atoms with Crippen LogP contribution in [0.15, 0.2) is 36.4 Å². The Morgan fingerprint density at radius 2 is 1.85 bits per heavy atom. The molecule has 0 heterocycles. The first-order valence-corrected chi connectivity index (χ1v) is 6.82. The van der Waals surface area contributed by atoms with Gasteiger partial charge in [0, 0.05) is 11.6 Å². The zero-order valence-corrected chi connectivity index (χ0v) is 12.0. The van der Waals surface area contributed by atoms with Crippen molar-refractivity contribution < 1.29 is 8.78 Å². The fraction of sp³-hybridized carbons (Fsp3) is 0.294. The summed E-state index contributed by atoms with van der Waals surface area (Å²) in [6, 6.07) is 10.2. The van der Waals surface area contributed by atoms with E-state index in [1.807, 2.05) is 25.1 Å². The van der Waals surface area contributed by atoms with E-state index in [9.17, 15) is 8.78 Å². The highest BCUT2D eigenvalue weighted by atomic mass is 19.1. The molecule has 106 valence electrons. The third-order valence-electron chi connectivity index (χ3n) is 3.46. The van der Waals surface area contributed by atoms with E-state index in [1.54, 1.807) is 13.0 Å². The van der Waals surface area contributed by atoms with E-state index in [-0.39, 0.29) is 11.9 Å². The average Bonchev–Trinajstić information content (AvgIpc) is 2.43. The van der Waals surface area contributed by atoms with Crippen molar-refractivity contribution in [2.75, 3.05) is 6.54 Å². The van der Waals surface area contributed by atoms with Crippen molar-refractivity contribution >= 4 is 0 Å². The Morgan fingerprint density at radius 3 is 2.55 bits per heavy atom. The van der Waals surface area contributed by atoms with Crippen LogP contribution in [0.5, 0.6) is 0 Å². The van der Waals surface area contributed by atoms with Crippen LogP contribution in [0.4, 0.5) is 8.78 Å². The minimum Gasteiger partial charge on any atom is -0.310 e. The SMILES string of the molecule is CCNC(C)c1cccc(-c2cc(F)c(C)cc2F)c1. The highest BCUT2D eigenvalue weighted by Gasteiger charge is 2.11. The molecule has 0 aliphatic carbocycles. The number of hydrogen-bond donors (Lipinski definition) is 1. The first kappa shape index (κ1) is 14.7. The lowest BCUT2D eigenvalue weighted by molar-refractivity contribution is 0.594. The zero-order chi connectivity index (χ0) is 14.7. The van der Waals surface area contributed by atoms with E-state index in [0.717, 1.165) is 12.1 Å². The van der Waals surface area contributed by atoms with Gasteiger partial charge in [-0.2, -0.15) is 0 Å². The van der Waals surface area contributed by atoms with Gasteiger partial charge in [0.05, 0.1) is 0 Å². The molecule has 3 heteroatoms. The number of nitrogens with one attached hydrogen (secondary N) is 1. The summed E-state index contributed by atoms with van der Waals surface area (Å²) in [6.45, 7) is 6.51. The Kier molecular flexibility index (Phi) is 4.50. The lowest BCUT2D eigenvalue weighted by Gasteiger charge is -2.14. The molecule has 0 spiro atoms. The van der Waals surface area contributed by atoms with E-state index < -0.39 is 5.82 Å². The van der Waals surface area contributed by atoms with E-state index in [4.69, 9.17) is 0 Å². The third kappa shape index (κ3) is 3.05. The van der Waals surface area contributed by atoms with Gasteiger partial charge in [0.25, 0.3) is 0 Å². The van der Waals surface area contributed by atoms with Gasteiger partial charge in [-0.25, -0.2) is 8.78 Å². The molecule has 0 aliphatic heterocycles. The van der Waals surface area contributed by atoms with Crippen molar-refractivity contribution in [3.8, 4) is 11.1 Å². The maximum absolute atomic E-state index is 14.0. The normalized spacial score (nSPS) is 12.4. The van der Waals surface area contributed by atoms with Crippen molar-refractivity contribution in [2.24, 2.45) is 0 Å². The van der Waals surface area contributed by atoms with Crippen LogP contribution in [-0.4, -0.2) is 6.54 Å². The Balaban J connectivity index is 2.43. The van der Waals surface area contributed by atoms with E-state index >= 15 is 0 Å². The summed E-state index contributed by atoms with van der Waals surface area (Å²) in [6.07, 6.45) is 0. The van der Waals surface area contributed by atoms with Crippen LogP contribution in [0.25, 0.3) is 11.1 Å². The number of halogens is 2. The summed E-state index contributed by atoms with van der Waals surface area (Å²) in [5.74, 6) is -0.774. The van der Waals surface area contributed by atoms with Crippen LogP contribution in [0.1, 0.15) is 31.0 Å². The molecule has 0 aliphatic rings. The molecular weight excluding hydrogens is 256 g/mol. The molecule has 0 bridgehead atoms. The lowest BCUT2D eigenvalue weighted by Crippen LogP contribution is -2.17. The van der Waals surface area contributed by atoms with E-state index in [2.05, 4.69) is 12.2 Å². The van der Waals surface area contributed by atoms with Crippen LogP contribution in [0.2, 0.25) is 0 Å². The molecule has 1 nitrogen and oxygen atoms in total. The van der Waals surface area contributed by atoms with Gasteiger partial charge in [-0.1, -0.05) is 25.1 Å². The molecule has 1 atom stereocenters. The van der Waals surface area contributed by atoms with E-state index in [1.165, 1.54) is 12.1 Å². The molecule has 0 amide bonds. The summed E-state index contributed by atoms with van der Waals surface area (Å²) in [4.78, 5) is 0. The largest absolute Gasteiger partial charge is 0.310 e. The summed E-state index contributed by atoms with van der Waals surface area (Å²) in [5.41, 5.74) is 2.38. The summed E-state index contributed by atoms with van der Waals surface area (Å²) >= 11 is 0. The van der Waals surface area contributed by atoms with Gasteiger partial charge in [-0.15, -0.1) is 0 Å². The van der Waals surface area contributed by atoms with Gasteiger partial charge in [0.2, 0.25) is 0 Å². The maximum Gasteiger partial charge on any atom is 0.131 e. The molecule has 20 heavy (non-hydrogen) atoms. The van der Waals surface area contributed by atoms with Gasteiger partial charge in [-0.05, 0) is 55.3 Å². The number of hydrogen-bond acceptors (Lipinski definition) is 1. The molecular formula is C17H19F2N. The van der Waals surface area contributed by atoms with Gasteiger partial charge >= 0.3 is 0 Å². The quantitative estimate of drug-likeness (QED) is 0.859. The first-order chi connectivity index (χ1) is 9.52. The van der Waals surface area contributed by atoms with Crippen molar-refractivity contribution in [2.45, 2.75) is 26.8 Å². The Bertz CT molecular complexity index is 608. The second kappa shape index (κ2) is 6.14. The van der Waals surface area contributed by atoms with Crippen molar-refractivity contribution in [1.29, 1.82) is 0 Å². The molecule has 1 unspecified atom stereocenters. The number of aryl methyl sites for hydroxylation is 1. The monoisotopic (exact) mass is 275 g/mol. The summed E-state index contributed by atoms with van der Waals surface area (Å²) in [5, 5.41) is 3.31. The van der Waals surface area contributed by atoms with Gasteiger partial charge in [0.15, 0.2) is 0 Å². The Morgan fingerprint density at radius 1 is 1.10 bits per heavy atom. The van der Waals surface area contributed by atoms with Gasteiger partial charge in [0.1, 0.15) is 11.6 Å². The topological polar surface area (TPSA) is 12.0 Å². The zero-order valence-electron chi connectivity index (χ0n) is 12.0. The van der Waals surface area contributed by atoms with Crippen LogP contribution in [0, 0.1) is 18.6 Å². The minimum atomic E-state index is -0.392. The highest BCUT2D eigenvalue weighted by molar-refractivity contribution is 5.65. The molecule has 2 aromatic carbocycles. The summed E-state index contributed by atoms with van der Waals surface area (Å²) < 4.78 is 27.7. The van der Waals surface area contributed by atoms with Gasteiger partial charge < -0.3 is 5.32 Å². The van der Waals surface area contributed by atoms with Crippen LogP contribution in [-0.2, 0) is 0 Å². The molecule has 0 radical (unpaired) electrons. The fourth-order valence-corrected chi connectivity index (χ4v) is 2.27. The number of rotatable bonds is 4. The molecule has 0 saturated carbocycles. The molecule has 2 rings (SSSR count). The Hall–Kier alpha value is -1.74. The third-order valence-corrected chi connectivity index (χ3v) is 3.46. The predicted molar refractivity (Wildman–Crippen MR) is 78.6 cm³/mol. The second-order valence-electron chi connectivity index (χ2n) is 4.99. The first-order valence-electron chi connectivity index (χ1n) is 6.82. The average molecular weight is 275 g/mol. The smallest absolute Gasteiger partial charge is 0.131 e. The van der Waals surface area contributed by atoms with Crippen molar-refractivity contribution in [3.63, 3.8) is 0 Å². The lowest BCUT2D eigenvalue weighted by atomic mass is 9.98. The standard InChI is InChI=1S/C17H19F2N/c1-4-20-12(3)13-6-5-7-14(9-13)15-10-16(18)11(2)8-17(15)19/h5-10,12,20H,4H2,1-3H3. The highest BCUT2D eigenvalue weighted by Crippen LogP contribution is 2.27. The summed E-state index contributed by atoms with van der Waals surface area (Å²) in [7, 11) is 0. The van der Waals surface area contributed by atoms with Crippen LogP contribution >= 0.6 is 0 Å². The van der Waals surface area contributed by atoms with Crippen LogP contribution in [0.3, 0.4) is 0 Å². The van der Waals surface area contributed by atoms with Crippen molar-refractivity contribution in [1.82, 2.24) is 5.32 Å². The van der Waals surface area contributed by atoms with Gasteiger partial charge in [-0.3, -0.25) is 0 Å². The Labute approximate surface area is 118 Å². The molecule has 0 aromatic heterocycles. The minimum absolute atomic E-state index is 0.179.